The molecular weight excluding hydrogens is 218 g/mol. The summed E-state index contributed by atoms with van der Waals surface area (Å²) in [5, 5.41) is 12.2. The molecule has 2 rings (SSSR count). The van der Waals surface area contributed by atoms with E-state index in [9.17, 15) is 10.1 Å². The van der Waals surface area contributed by atoms with Crippen molar-refractivity contribution in [1.82, 2.24) is 0 Å². The van der Waals surface area contributed by atoms with Gasteiger partial charge in [0.05, 0.1) is 10.6 Å². The maximum atomic E-state index is 10.9. The number of nitro groups is 1. The van der Waals surface area contributed by atoms with Gasteiger partial charge in [0.1, 0.15) is 5.69 Å². The zero-order valence-electron chi connectivity index (χ0n) is 8.98. The second-order valence-electron chi connectivity index (χ2n) is 3.45. The van der Waals surface area contributed by atoms with E-state index in [4.69, 9.17) is 5.84 Å². The van der Waals surface area contributed by atoms with Crippen molar-refractivity contribution in [2.75, 3.05) is 5.01 Å². The van der Waals surface area contributed by atoms with Crippen molar-refractivity contribution in [1.29, 1.82) is 0 Å². The smallest absolute Gasteiger partial charge is 0.273 e. The zero-order valence-corrected chi connectivity index (χ0v) is 8.98. The highest BCUT2D eigenvalue weighted by molar-refractivity contribution is 5.70. The first-order valence-corrected chi connectivity index (χ1v) is 5.03. The maximum absolute atomic E-state index is 10.9. The summed E-state index contributed by atoms with van der Waals surface area (Å²) in [6.45, 7) is 0. The molecule has 0 amide bonds. The van der Waals surface area contributed by atoms with Crippen molar-refractivity contribution in [3.05, 3.63) is 64.7 Å². The van der Waals surface area contributed by atoms with Crippen molar-refractivity contribution >= 4 is 17.1 Å². The molecule has 2 aromatic rings. The van der Waals surface area contributed by atoms with Crippen molar-refractivity contribution in [2.24, 2.45) is 5.84 Å². The fraction of sp³-hybridized carbons (Fsp3) is 0. The first-order chi connectivity index (χ1) is 8.20. The first kappa shape index (κ1) is 11.1. The highest BCUT2D eigenvalue weighted by Gasteiger charge is 2.17. The number of hydrogen-bond acceptors (Lipinski definition) is 4. The van der Waals surface area contributed by atoms with Crippen molar-refractivity contribution in [3.8, 4) is 0 Å². The molecule has 0 heterocycles. The van der Waals surface area contributed by atoms with Gasteiger partial charge in [-0.15, -0.1) is 0 Å². The van der Waals surface area contributed by atoms with Crippen LogP contribution in [0, 0.1) is 10.1 Å². The van der Waals surface area contributed by atoms with Gasteiger partial charge < -0.3 is 0 Å². The highest BCUT2D eigenvalue weighted by atomic mass is 16.6. The van der Waals surface area contributed by atoms with Crippen molar-refractivity contribution in [3.63, 3.8) is 0 Å². The Balaban J connectivity index is 2.44. The van der Waals surface area contributed by atoms with Crippen LogP contribution in [0.1, 0.15) is 0 Å². The quantitative estimate of drug-likeness (QED) is 0.498. The van der Waals surface area contributed by atoms with Gasteiger partial charge in [-0.25, -0.2) is 5.84 Å². The van der Waals surface area contributed by atoms with Crippen LogP contribution in [0.3, 0.4) is 0 Å². The largest absolute Gasteiger partial charge is 0.294 e. The van der Waals surface area contributed by atoms with Gasteiger partial charge in [0.2, 0.25) is 0 Å². The van der Waals surface area contributed by atoms with Crippen LogP contribution in [0.4, 0.5) is 17.1 Å². The number of nitrogens with zero attached hydrogens (tertiary/aromatic N) is 2. The molecule has 0 atom stereocenters. The van der Waals surface area contributed by atoms with Gasteiger partial charge in [0.15, 0.2) is 0 Å². The Morgan fingerprint density at radius 3 is 2.24 bits per heavy atom. The number of rotatable bonds is 3. The molecule has 0 aliphatic rings. The summed E-state index contributed by atoms with van der Waals surface area (Å²) in [5.74, 6) is 5.88. The van der Waals surface area contributed by atoms with Crippen LogP contribution in [0.15, 0.2) is 54.6 Å². The molecule has 2 N–H and O–H groups in total. The lowest BCUT2D eigenvalue weighted by Crippen LogP contribution is -2.25. The summed E-state index contributed by atoms with van der Waals surface area (Å²) in [5.41, 5.74) is 1.05. The Labute approximate surface area is 98.2 Å². The van der Waals surface area contributed by atoms with Gasteiger partial charge in [-0.05, 0) is 18.2 Å². The van der Waals surface area contributed by atoms with Gasteiger partial charge >= 0.3 is 0 Å². The predicted molar refractivity (Wildman–Crippen MR) is 65.9 cm³/mol. The van der Waals surface area contributed by atoms with Crippen LogP contribution in [-0.2, 0) is 0 Å². The van der Waals surface area contributed by atoms with Crippen LogP contribution < -0.4 is 10.9 Å². The summed E-state index contributed by atoms with van der Waals surface area (Å²) in [7, 11) is 0. The number of nitro benzene ring substituents is 1. The number of hydrogen-bond donors (Lipinski definition) is 1. The average Bonchev–Trinajstić information content (AvgIpc) is 2.39. The third-order valence-corrected chi connectivity index (χ3v) is 2.37. The lowest BCUT2D eigenvalue weighted by atomic mass is 10.2. The molecule has 86 valence electrons. The van der Waals surface area contributed by atoms with Crippen LogP contribution in [-0.4, -0.2) is 4.92 Å². The minimum Gasteiger partial charge on any atom is -0.273 e. The number of para-hydroxylation sites is 3. The first-order valence-electron chi connectivity index (χ1n) is 5.03. The van der Waals surface area contributed by atoms with Gasteiger partial charge in [0, 0.05) is 6.07 Å². The van der Waals surface area contributed by atoms with Gasteiger partial charge in [-0.2, -0.15) is 0 Å². The third-order valence-electron chi connectivity index (χ3n) is 2.37. The summed E-state index contributed by atoms with van der Waals surface area (Å²) in [6, 6.07) is 15.5. The van der Waals surface area contributed by atoms with E-state index in [0.717, 1.165) is 0 Å². The maximum Gasteiger partial charge on any atom is 0.294 e. The second kappa shape index (κ2) is 4.63. The van der Waals surface area contributed by atoms with E-state index in [-0.39, 0.29) is 5.69 Å². The van der Waals surface area contributed by atoms with Crippen LogP contribution >= 0.6 is 0 Å². The lowest BCUT2D eigenvalue weighted by Gasteiger charge is -2.18. The lowest BCUT2D eigenvalue weighted by molar-refractivity contribution is -0.384. The molecule has 0 unspecified atom stereocenters. The Hall–Kier alpha value is -2.40. The summed E-state index contributed by atoms with van der Waals surface area (Å²) in [6.07, 6.45) is 0. The minimum absolute atomic E-state index is 0.0150. The van der Waals surface area contributed by atoms with Crippen LogP contribution in [0.25, 0.3) is 0 Å². The fourth-order valence-corrected chi connectivity index (χ4v) is 1.55. The Morgan fingerprint density at radius 2 is 1.59 bits per heavy atom. The van der Waals surface area contributed by atoms with E-state index in [1.165, 1.54) is 11.1 Å². The highest BCUT2D eigenvalue weighted by Crippen LogP contribution is 2.30. The molecule has 0 bridgehead atoms. The zero-order chi connectivity index (χ0) is 12.3. The SMILES string of the molecule is NN(c1ccccc1)c1ccccc1[N+](=O)[O-]. The molecule has 5 nitrogen and oxygen atoms in total. The van der Waals surface area contributed by atoms with Crippen molar-refractivity contribution < 1.29 is 4.92 Å². The third kappa shape index (κ3) is 2.24. The molecule has 0 saturated heterocycles. The summed E-state index contributed by atoms with van der Waals surface area (Å²) >= 11 is 0. The number of nitrogens with two attached hydrogens (primary N) is 1. The number of benzene rings is 2. The monoisotopic (exact) mass is 229 g/mol. The van der Waals surface area contributed by atoms with E-state index in [1.54, 1.807) is 30.3 Å². The van der Waals surface area contributed by atoms with E-state index in [1.807, 2.05) is 18.2 Å². The summed E-state index contributed by atoms with van der Waals surface area (Å²) in [4.78, 5) is 10.4. The van der Waals surface area contributed by atoms with E-state index in [2.05, 4.69) is 0 Å². The van der Waals surface area contributed by atoms with Gasteiger partial charge in [-0.3, -0.25) is 15.1 Å². The number of hydrazine groups is 1. The van der Waals surface area contributed by atoms with Crippen molar-refractivity contribution in [2.45, 2.75) is 0 Å². The molecular formula is C12H11N3O2. The normalized spacial score (nSPS) is 9.94. The Morgan fingerprint density at radius 1 is 1.00 bits per heavy atom. The molecule has 0 aromatic heterocycles. The number of anilines is 2. The van der Waals surface area contributed by atoms with E-state index in [0.29, 0.717) is 11.4 Å². The molecule has 0 saturated carbocycles. The molecule has 0 spiro atoms. The molecule has 0 aliphatic carbocycles. The van der Waals surface area contributed by atoms with Crippen LogP contribution in [0.2, 0.25) is 0 Å². The van der Waals surface area contributed by atoms with Gasteiger partial charge in [-0.1, -0.05) is 30.3 Å². The molecule has 0 radical (unpaired) electrons. The summed E-state index contributed by atoms with van der Waals surface area (Å²) < 4.78 is 0. The van der Waals surface area contributed by atoms with E-state index >= 15 is 0 Å². The molecule has 2 aromatic carbocycles. The molecule has 5 heteroatoms. The molecule has 17 heavy (non-hydrogen) atoms. The predicted octanol–water partition coefficient (Wildman–Crippen LogP) is 2.61. The van der Waals surface area contributed by atoms with Gasteiger partial charge in [0.25, 0.3) is 5.69 Å². The Kier molecular flexibility index (Phi) is 3.02. The van der Waals surface area contributed by atoms with Crippen LogP contribution in [0.5, 0.6) is 0 Å². The second-order valence-corrected chi connectivity index (χ2v) is 3.45. The standard InChI is InChI=1S/C12H11N3O2/c13-14(10-6-2-1-3-7-10)11-8-4-5-9-12(11)15(16)17/h1-9H,13H2. The van der Waals surface area contributed by atoms with E-state index < -0.39 is 4.92 Å². The average molecular weight is 229 g/mol. The Bertz CT molecular complexity index is 528. The topological polar surface area (TPSA) is 72.4 Å². The minimum atomic E-state index is -0.446. The molecule has 0 fully saturated rings. The fourth-order valence-electron chi connectivity index (χ4n) is 1.55. The molecule has 0 aliphatic heterocycles.